The Kier molecular flexibility index (Phi) is 7.07. The summed E-state index contributed by atoms with van der Waals surface area (Å²) in [6, 6.07) is 18.6. The van der Waals surface area contributed by atoms with Crippen LogP contribution in [-0.4, -0.2) is 28.7 Å². The number of ether oxygens (including phenoxy) is 1. The number of hydrogen-bond acceptors (Lipinski definition) is 5. The maximum atomic E-state index is 6.15. The van der Waals surface area contributed by atoms with Crippen molar-refractivity contribution < 1.29 is 4.74 Å². The lowest BCUT2D eigenvalue weighted by atomic mass is 9.69. The fourth-order valence-corrected chi connectivity index (χ4v) is 5.51. The van der Waals surface area contributed by atoms with Crippen LogP contribution in [0.5, 0.6) is 5.88 Å². The summed E-state index contributed by atoms with van der Waals surface area (Å²) in [6.07, 6.45) is 5.95. The molecule has 0 spiro atoms. The molecule has 5 rings (SSSR count). The third-order valence-electron chi connectivity index (χ3n) is 7.14. The van der Waals surface area contributed by atoms with Crippen LogP contribution in [-0.2, 0) is 18.5 Å². The Hall–Kier alpha value is -2.90. The van der Waals surface area contributed by atoms with Gasteiger partial charge < -0.3 is 20.3 Å². The zero-order valence-electron chi connectivity index (χ0n) is 19.9. The molecule has 2 N–H and O–H groups in total. The molecular formula is C27H30ClN5OS. The van der Waals surface area contributed by atoms with E-state index in [1.165, 1.54) is 36.0 Å². The number of methoxy groups -OCH3 is 1. The summed E-state index contributed by atoms with van der Waals surface area (Å²) in [5.74, 6) is 1.74. The molecule has 2 aliphatic rings. The van der Waals surface area contributed by atoms with Gasteiger partial charge in [0, 0.05) is 36.1 Å². The van der Waals surface area contributed by atoms with E-state index in [0.717, 1.165) is 43.3 Å². The maximum absolute atomic E-state index is 6.15. The Labute approximate surface area is 217 Å². The molecule has 1 saturated carbocycles. The van der Waals surface area contributed by atoms with Crippen molar-refractivity contribution in [2.75, 3.05) is 23.9 Å². The fourth-order valence-electron chi connectivity index (χ4n) is 5.23. The van der Waals surface area contributed by atoms with E-state index in [-0.39, 0.29) is 5.41 Å². The Balaban J connectivity index is 1.28. The molecule has 1 aliphatic carbocycles. The zero-order valence-corrected chi connectivity index (χ0v) is 21.5. The van der Waals surface area contributed by atoms with Gasteiger partial charge >= 0.3 is 0 Å². The van der Waals surface area contributed by atoms with Gasteiger partial charge in [0.2, 0.25) is 11.8 Å². The molecule has 1 aromatic heterocycles. The van der Waals surface area contributed by atoms with Crippen molar-refractivity contribution in [2.45, 2.75) is 50.6 Å². The topological polar surface area (TPSA) is 62.3 Å². The monoisotopic (exact) mass is 507 g/mol. The van der Waals surface area contributed by atoms with E-state index >= 15 is 0 Å². The fraction of sp³-hybridized carbons (Fsp3) is 0.370. The first kappa shape index (κ1) is 23.8. The Morgan fingerprint density at radius 3 is 2.37 bits per heavy atom. The molecule has 6 nitrogen and oxygen atoms in total. The number of halogens is 1. The number of fused-ring (bicyclic) bond motifs is 1. The molecule has 0 unspecified atom stereocenters. The minimum absolute atomic E-state index is 0.0380. The van der Waals surface area contributed by atoms with Crippen LogP contribution in [0.4, 0.5) is 11.8 Å². The van der Waals surface area contributed by atoms with Crippen molar-refractivity contribution in [1.29, 1.82) is 0 Å². The second-order valence-electron chi connectivity index (χ2n) is 9.37. The summed E-state index contributed by atoms with van der Waals surface area (Å²) in [6.45, 7) is 2.36. The van der Waals surface area contributed by atoms with Crippen molar-refractivity contribution in [3.05, 3.63) is 76.3 Å². The number of thiocarbonyl (C=S) groups is 1. The predicted octanol–water partition coefficient (Wildman–Crippen LogP) is 5.85. The minimum Gasteiger partial charge on any atom is -0.481 e. The number of nitrogens with zero attached hydrogens (tertiary/aromatic N) is 3. The summed E-state index contributed by atoms with van der Waals surface area (Å²) in [4.78, 5) is 11.4. The van der Waals surface area contributed by atoms with Gasteiger partial charge in [0.15, 0.2) is 5.11 Å². The Morgan fingerprint density at radius 2 is 1.71 bits per heavy atom. The largest absolute Gasteiger partial charge is 0.481 e. The van der Waals surface area contributed by atoms with Crippen LogP contribution in [0.2, 0.25) is 5.02 Å². The molecular weight excluding hydrogens is 478 g/mol. The number of nitrogens with one attached hydrogen (secondary N) is 2. The Morgan fingerprint density at radius 1 is 1.03 bits per heavy atom. The van der Waals surface area contributed by atoms with Gasteiger partial charge in [-0.3, -0.25) is 0 Å². The van der Waals surface area contributed by atoms with E-state index in [2.05, 4.69) is 56.9 Å². The van der Waals surface area contributed by atoms with E-state index < -0.39 is 0 Å². The number of rotatable bonds is 6. The number of hydrogen-bond donors (Lipinski definition) is 2. The first-order valence-electron chi connectivity index (χ1n) is 12.1. The van der Waals surface area contributed by atoms with Crippen LogP contribution in [0.15, 0.2) is 54.6 Å². The summed E-state index contributed by atoms with van der Waals surface area (Å²) in [7, 11) is 1.62. The molecule has 182 valence electrons. The molecule has 1 aliphatic heterocycles. The molecule has 2 aromatic carbocycles. The molecule has 0 atom stereocenters. The first-order valence-corrected chi connectivity index (χ1v) is 12.9. The molecule has 35 heavy (non-hydrogen) atoms. The molecule has 0 radical (unpaired) electrons. The van der Waals surface area contributed by atoms with Crippen molar-refractivity contribution >= 4 is 40.7 Å². The molecule has 0 saturated heterocycles. The number of aromatic nitrogens is 2. The molecule has 8 heteroatoms. The lowest BCUT2D eigenvalue weighted by molar-refractivity contribution is 0.292. The van der Waals surface area contributed by atoms with E-state index in [1.54, 1.807) is 7.11 Å². The quantitative estimate of drug-likeness (QED) is 0.406. The highest BCUT2D eigenvalue weighted by Gasteiger charge is 2.34. The summed E-state index contributed by atoms with van der Waals surface area (Å²) in [5.41, 5.74) is 3.98. The molecule has 0 amide bonds. The van der Waals surface area contributed by atoms with Crippen molar-refractivity contribution in [3.8, 4) is 5.88 Å². The van der Waals surface area contributed by atoms with Gasteiger partial charge in [-0.1, -0.05) is 67.3 Å². The SMILES string of the molecule is COc1cc(N2Cc3ccccc3C2)nc(NC(=S)NCC2(c3ccc(Cl)cc3)CCCCC2)n1. The van der Waals surface area contributed by atoms with E-state index in [9.17, 15) is 0 Å². The van der Waals surface area contributed by atoms with Crippen LogP contribution in [0.25, 0.3) is 0 Å². The van der Waals surface area contributed by atoms with Gasteiger partial charge in [-0.2, -0.15) is 9.97 Å². The van der Waals surface area contributed by atoms with Gasteiger partial charge in [0.25, 0.3) is 0 Å². The van der Waals surface area contributed by atoms with Crippen LogP contribution in [0, 0.1) is 0 Å². The van der Waals surface area contributed by atoms with Gasteiger partial charge in [-0.05, 0) is 53.9 Å². The molecule has 3 aromatic rings. The van der Waals surface area contributed by atoms with E-state index in [0.29, 0.717) is 16.9 Å². The summed E-state index contributed by atoms with van der Waals surface area (Å²) >= 11 is 11.8. The zero-order chi connectivity index (χ0) is 24.3. The molecule has 2 heterocycles. The predicted molar refractivity (Wildman–Crippen MR) is 145 cm³/mol. The average molecular weight is 508 g/mol. The lowest BCUT2D eigenvalue weighted by Gasteiger charge is -2.38. The lowest BCUT2D eigenvalue weighted by Crippen LogP contribution is -2.43. The first-order chi connectivity index (χ1) is 17.0. The second-order valence-corrected chi connectivity index (χ2v) is 10.2. The highest BCUT2D eigenvalue weighted by molar-refractivity contribution is 7.80. The summed E-state index contributed by atoms with van der Waals surface area (Å²) in [5, 5.41) is 7.91. The van der Waals surface area contributed by atoms with Crippen LogP contribution >= 0.6 is 23.8 Å². The van der Waals surface area contributed by atoms with Crippen molar-refractivity contribution in [1.82, 2.24) is 15.3 Å². The summed E-state index contributed by atoms with van der Waals surface area (Å²) < 4.78 is 5.46. The van der Waals surface area contributed by atoms with Crippen molar-refractivity contribution in [2.24, 2.45) is 0 Å². The minimum atomic E-state index is 0.0380. The highest BCUT2D eigenvalue weighted by Crippen LogP contribution is 2.39. The normalized spacial score (nSPS) is 16.5. The van der Waals surface area contributed by atoms with Gasteiger partial charge in [-0.15, -0.1) is 0 Å². The van der Waals surface area contributed by atoms with Crippen molar-refractivity contribution in [3.63, 3.8) is 0 Å². The van der Waals surface area contributed by atoms with Gasteiger partial charge in [0.1, 0.15) is 5.82 Å². The second kappa shape index (κ2) is 10.4. The maximum Gasteiger partial charge on any atom is 0.234 e. The van der Waals surface area contributed by atoms with Gasteiger partial charge in [-0.25, -0.2) is 0 Å². The van der Waals surface area contributed by atoms with Gasteiger partial charge in [0.05, 0.1) is 7.11 Å². The average Bonchev–Trinajstić information content (AvgIpc) is 3.33. The molecule has 1 fully saturated rings. The van der Waals surface area contributed by atoms with Crippen LogP contribution in [0.1, 0.15) is 48.8 Å². The third kappa shape index (κ3) is 5.36. The standard InChI is InChI=1S/C27H30ClN5OS/c1-34-24-15-23(33-16-19-7-3-4-8-20(19)17-33)30-25(31-24)32-26(35)29-18-27(13-5-2-6-14-27)21-9-11-22(28)12-10-21/h3-4,7-12,15H,2,5-6,13-14,16-18H2,1H3,(H2,29,30,31,32,35). The molecule has 0 bridgehead atoms. The highest BCUT2D eigenvalue weighted by atomic mass is 35.5. The Bertz CT molecular complexity index is 1170. The van der Waals surface area contributed by atoms with E-state index in [1.807, 2.05) is 18.2 Å². The third-order valence-corrected chi connectivity index (χ3v) is 7.64. The van der Waals surface area contributed by atoms with E-state index in [4.69, 9.17) is 33.5 Å². The van der Waals surface area contributed by atoms with Crippen LogP contribution < -0.4 is 20.3 Å². The smallest absolute Gasteiger partial charge is 0.234 e. The number of anilines is 2. The number of benzene rings is 2. The van der Waals surface area contributed by atoms with Crippen LogP contribution in [0.3, 0.4) is 0 Å².